The van der Waals surface area contributed by atoms with Crippen molar-refractivity contribution >= 4 is 29.1 Å². The van der Waals surface area contributed by atoms with Crippen molar-refractivity contribution in [2.24, 2.45) is 5.92 Å². The molecule has 0 radical (unpaired) electrons. The van der Waals surface area contributed by atoms with Crippen LogP contribution in [-0.2, 0) is 14.4 Å². The van der Waals surface area contributed by atoms with Gasteiger partial charge in [-0.2, -0.15) is 0 Å². The standard InChI is InChI=1S/C22H27N3O3/c1-15(2)13-21(27)24-18-9-11-19(12-10-18)25-22(28)14-20(23-16(3)26)17-7-5-4-6-8-17/h4-12,15,20H,13-14H2,1-3H3,(H,23,26)(H,24,27)(H,25,28). The van der Waals surface area contributed by atoms with E-state index in [-0.39, 0.29) is 24.1 Å². The van der Waals surface area contributed by atoms with Crippen LogP contribution in [0.5, 0.6) is 0 Å². The third-order valence-corrected chi connectivity index (χ3v) is 4.02. The van der Waals surface area contributed by atoms with Crippen molar-refractivity contribution in [3.8, 4) is 0 Å². The monoisotopic (exact) mass is 381 g/mol. The molecule has 28 heavy (non-hydrogen) atoms. The predicted octanol–water partition coefficient (Wildman–Crippen LogP) is 3.88. The van der Waals surface area contributed by atoms with Gasteiger partial charge in [-0.3, -0.25) is 14.4 Å². The number of benzene rings is 2. The van der Waals surface area contributed by atoms with Crippen molar-refractivity contribution in [2.45, 2.75) is 39.7 Å². The molecule has 2 aromatic carbocycles. The van der Waals surface area contributed by atoms with Crippen LogP contribution in [0.2, 0.25) is 0 Å². The molecule has 1 unspecified atom stereocenters. The summed E-state index contributed by atoms with van der Waals surface area (Å²) in [5.41, 5.74) is 2.18. The van der Waals surface area contributed by atoms with Crippen molar-refractivity contribution in [3.63, 3.8) is 0 Å². The maximum absolute atomic E-state index is 12.4. The van der Waals surface area contributed by atoms with E-state index < -0.39 is 6.04 Å². The molecule has 0 aromatic heterocycles. The van der Waals surface area contributed by atoms with Gasteiger partial charge in [-0.05, 0) is 35.7 Å². The lowest BCUT2D eigenvalue weighted by Gasteiger charge is -2.18. The average molecular weight is 381 g/mol. The number of rotatable bonds is 8. The molecule has 0 saturated carbocycles. The van der Waals surface area contributed by atoms with Crippen LogP contribution in [0, 0.1) is 5.92 Å². The third kappa shape index (κ3) is 7.23. The summed E-state index contributed by atoms with van der Waals surface area (Å²) in [5, 5.41) is 8.47. The largest absolute Gasteiger partial charge is 0.349 e. The maximum atomic E-state index is 12.4. The highest BCUT2D eigenvalue weighted by atomic mass is 16.2. The Morgan fingerprint density at radius 1 is 0.786 bits per heavy atom. The molecule has 0 aliphatic heterocycles. The highest BCUT2D eigenvalue weighted by molar-refractivity contribution is 5.93. The Morgan fingerprint density at radius 3 is 1.75 bits per heavy atom. The van der Waals surface area contributed by atoms with Crippen molar-refractivity contribution < 1.29 is 14.4 Å². The Bertz CT molecular complexity index is 802. The van der Waals surface area contributed by atoms with Crippen molar-refractivity contribution in [1.82, 2.24) is 5.32 Å². The summed E-state index contributed by atoms with van der Waals surface area (Å²) in [6.45, 7) is 5.41. The van der Waals surface area contributed by atoms with Gasteiger partial charge >= 0.3 is 0 Å². The van der Waals surface area contributed by atoms with Gasteiger partial charge in [0.05, 0.1) is 12.5 Å². The zero-order chi connectivity index (χ0) is 20.5. The minimum atomic E-state index is -0.395. The van der Waals surface area contributed by atoms with Gasteiger partial charge in [0.2, 0.25) is 17.7 Å². The number of carbonyl (C=O) groups is 3. The van der Waals surface area contributed by atoms with Crippen LogP contribution in [0.25, 0.3) is 0 Å². The Balaban J connectivity index is 1.95. The van der Waals surface area contributed by atoms with E-state index in [9.17, 15) is 14.4 Å². The van der Waals surface area contributed by atoms with Crippen LogP contribution in [0.1, 0.15) is 45.2 Å². The van der Waals surface area contributed by atoms with E-state index in [2.05, 4.69) is 16.0 Å². The van der Waals surface area contributed by atoms with Crippen LogP contribution in [-0.4, -0.2) is 17.7 Å². The summed E-state index contributed by atoms with van der Waals surface area (Å²) in [6.07, 6.45) is 0.582. The number of carbonyl (C=O) groups excluding carboxylic acids is 3. The molecular formula is C22H27N3O3. The van der Waals surface area contributed by atoms with Gasteiger partial charge in [-0.15, -0.1) is 0 Å². The number of hydrogen-bond acceptors (Lipinski definition) is 3. The topological polar surface area (TPSA) is 87.3 Å². The molecule has 0 aliphatic rings. The molecule has 0 bridgehead atoms. The summed E-state index contributed by atoms with van der Waals surface area (Å²) in [7, 11) is 0. The molecule has 0 spiro atoms. The summed E-state index contributed by atoms with van der Waals surface area (Å²) in [5.74, 6) is -0.144. The van der Waals surface area contributed by atoms with Gasteiger partial charge in [-0.25, -0.2) is 0 Å². The van der Waals surface area contributed by atoms with Gasteiger partial charge in [0.1, 0.15) is 0 Å². The molecule has 3 N–H and O–H groups in total. The second kappa shape index (κ2) is 10.3. The molecule has 0 fully saturated rings. The van der Waals surface area contributed by atoms with E-state index >= 15 is 0 Å². The van der Waals surface area contributed by atoms with Gasteiger partial charge in [0.25, 0.3) is 0 Å². The molecule has 2 aromatic rings. The molecule has 0 aliphatic carbocycles. The lowest BCUT2D eigenvalue weighted by Crippen LogP contribution is -2.29. The zero-order valence-electron chi connectivity index (χ0n) is 16.5. The van der Waals surface area contributed by atoms with E-state index in [0.717, 1.165) is 5.56 Å². The third-order valence-electron chi connectivity index (χ3n) is 4.02. The molecule has 0 heterocycles. The average Bonchev–Trinajstić information content (AvgIpc) is 2.62. The minimum absolute atomic E-state index is 0.0344. The van der Waals surface area contributed by atoms with Crippen molar-refractivity contribution in [1.29, 1.82) is 0 Å². The lowest BCUT2D eigenvalue weighted by atomic mass is 10.0. The van der Waals surface area contributed by atoms with E-state index in [0.29, 0.717) is 23.7 Å². The highest BCUT2D eigenvalue weighted by Crippen LogP contribution is 2.19. The maximum Gasteiger partial charge on any atom is 0.226 e. The molecule has 6 heteroatoms. The Morgan fingerprint density at radius 2 is 1.29 bits per heavy atom. The molecule has 1 atom stereocenters. The first-order valence-corrected chi connectivity index (χ1v) is 9.35. The van der Waals surface area contributed by atoms with E-state index in [4.69, 9.17) is 0 Å². The molecule has 2 rings (SSSR count). The molecular weight excluding hydrogens is 354 g/mol. The summed E-state index contributed by atoms with van der Waals surface area (Å²) in [6, 6.07) is 15.9. The van der Waals surface area contributed by atoms with Gasteiger partial charge < -0.3 is 16.0 Å². The molecule has 0 saturated heterocycles. The summed E-state index contributed by atoms with van der Waals surface area (Å²) in [4.78, 5) is 35.7. The lowest BCUT2D eigenvalue weighted by molar-refractivity contribution is -0.120. The SMILES string of the molecule is CC(=O)NC(CC(=O)Nc1ccc(NC(=O)CC(C)C)cc1)c1ccccc1. The fourth-order valence-corrected chi connectivity index (χ4v) is 2.80. The number of anilines is 2. The second-order valence-electron chi connectivity index (χ2n) is 7.14. The van der Waals surface area contributed by atoms with Crippen LogP contribution < -0.4 is 16.0 Å². The van der Waals surface area contributed by atoms with Crippen LogP contribution in [0.15, 0.2) is 54.6 Å². The first kappa shape index (κ1) is 21.2. The smallest absolute Gasteiger partial charge is 0.226 e. The fraction of sp³-hybridized carbons (Fsp3) is 0.318. The number of nitrogens with one attached hydrogen (secondary N) is 3. The molecule has 6 nitrogen and oxygen atoms in total. The Labute approximate surface area is 165 Å². The summed E-state index contributed by atoms with van der Waals surface area (Å²) < 4.78 is 0. The van der Waals surface area contributed by atoms with E-state index in [1.54, 1.807) is 24.3 Å². The highest BCUT2D eigenvalue weighted by Gasteiger charge is 2.17. The minimum Gasteiger partial charge on any atom is -0.349 e. The van der Waals surface area contributed by atoms with E-state index in [1.165, 1.54) is 6.92 Å². The number of amides is 3. The first-order chi connectivity index (χ1) is 13.3. The van der Waals surface area contributed by atoms with Crippen LogP contribution in [0.3, 0.4) is 0 Å². The molecule has 3 amide bonds. The molecule has 148 valence electrons. The number of hydrogen-bond donors (Lipinski definition) is 3. The van der Waals surface area contributed by atoms with Crippen molar-refractivity contribution in [3.05, 3.63) is 60.2 Å². The normalized spacial score (nSPS) is 11.6. The van der Waals surface area contributed by atoms with Crippen LogP contribution >= 0.6 is 0 Å². The second-order valence-corrected chi connectivity index (χ2v) is 7.14. The Kier molecular flexibility index (Phi) is 7.75. The zero-order valence-corrected chi connectivity index (χ0v) is 16.5. The van der Waals surface area contributed by atoms with Gasteiger partial charge in [0.15, 0.2) is 0 Å². The van der Waals surface area contributed by atoms with Crippen LogP contribution in [0.4, 0.5) is 11.4 Å². The quantitative estimate of drug-likeness (QED) is 0.648. The summed E-state index contributed by atoms with van der Waals surface area (Å²) >= 11 is 0. The van der Waals surface area contributed by atoms with Gasteiger partial charge in [-0.1, -0.05) is 44.2 Å². The first-order valence-electron chi connectivity index (χ1n) is 9.35. The van der Waals surface area contributed by atoms with Crippen molar-refractivity contribution in [2.75, 3.05) is 10.6 Å². The van der Waals surface area contributed by atoms with Gasteiger partial charge in [0, 0.05) is 24.7 Å². The fourth-order valence-electron chi connectivity index (χ4n) is 2.80. The van der Waals surface area contributed by atoms with E-state index in [1.807, 2.05) is 44.2 Å². The Hall–Kier alpha value is -3.15. The predicted molar refractivity (Wildman–Crippen MR) is 111 cm³/mol.